The quantitative estimate of drug-likeness (QED) is 0.425. The van der Waals surface area contributed by atoms with Gasteiger partial charge in [-0.15, -0.1) is 0 Å². The molecule has 2 amide bonds. The lowest BCUT2D eigenvalue weighted by Crippen LogP contribution is -2.71. The van der Waals surface area contributed by atoms with Gasteiger partial charge in [0.1, 0.15) is 0 Å². The van der Waals surface area contributed by atoms with Crippen LogP contribution in [0.2, 0.25) is 13.1 Å². The fourth-order valence-electron chi connectivity index (χ4n) is 4.85. The van der Waals surface area contributed by atoms with Gasteiger partial charge in [0.25, 0.3) is 0 Å². The van der Waals surface area contributed by atoms with Crippen LogP contribution in [0.1, 0.15) is 43.1 Å². The molecule has 1 aliphatic heterocycles. The maximum absolute atomic E-state index is 13.4. The monoisotopic (exact) mass is 445 g/mol. The second-order valence-corrected chi connectivity index (χ2v) is 12.3. The molecule has 31 heavy (non-hydrogen) atoms. The van der Waals surface area contributed by atoms with Crippen LogP contribution in [0.5, 0.6) is 0 Å². The zero-order chi connectivity index (χ0) is 23.1. The van der Waals surface area contributed by atoms with Gasteiger partial charge in [-0.2, -0.15) is 0 Å². The van der Waals surface area contributed by atoms with Crippen molar-refractivity contribution >= 4 is 32.6 Å². The number of benzene rings is 1. The number of nitrogens with zero attached hydrogens (tertiary/aromatic N) is 1. The molecule has 2 aliphatic rings. The molecule has 4 atom stereocenters. The van der Waals surface area contributed by atoms with Crippen LogP contribution in [0.4, 0.5) is 0 Å². The maximum Gasteiger partial charge on any atom is 0.395 e. The molecule has 0 bridgehead atoms. The van der Waals surface area contributed by atoms with E-state index in [9.17, 15) is 24.3 Å². The highest BCUT2D eigenvalue weighted by Crippen LogP contribution is 2.47. The Bertz CT molecular complexity index is 906. The van der Waals surface area contributed by atoms with E-state index in [2.05, 4.69) is 0 Å². The number of carboxylic acids is 1. The number of ketones is 1. The number of carbonyl (C=O) groups is 4. The van der Waals surface area contributed by atoms with E-state index in [1.807, 2.05) is 46.0 Å². The second kappa shape index (κ2) is 8.67. The largest absolute Gasteiger partial charge is 0.474 e. The second-order valence-electron chi connectivity index (χ2n) is 9.86. The SMILES string of the molecule is C[SiH](C)OC[C@H]([C@@H]1C(=O)N(C(=O)C(=O)O)[C@@H]1[C@@H]1CCc2ccccc2C1=O)C(C)(C)C. The van der Waals surface area contributed by atoms with Gasteiger partial charge in [-0.05, 0) is 42.8 Å². The van der Waals surface area contributed by atoms with Gasteiger partial charge in [0.2, 0.25) is 5.91 Å². The molecule has 0 saturated carbocycles. The number of aryl methyl sites for hydroxylation is 1. The molecule has 3 rings (SSSR count). The Morgan fingerprint density at radius 2 is 1.87 bits per heavy atom. The van der Waals surface area contributed by atoms with Crippen molar-refractivity contribution in [2.75, 3.05) is 6.61 Å². The molecular weight excluding hydrogens is 414 g/mol. The average molecular weight is 446 g/mol. The van der Waals surface area contributed by atoms with Crippen molar-refractivity contribution in [2.24, 2.45) is 23.2 Å². The molecule has 7 nitrogen and oxygen atoms in total. The molecule has 1 fully saturated rings. The van der Waals surface area contributed by atoms with Crippen LogP contribution in [-0.2, 0) is 25.2 Å². The summed E-state index contributed by atoms with van der Waals surface area (Å²) in [5.74, 6) is -5.05. The van der Waals surface area contributed by atoms with E-state index in [4.69, 9.17) is 4.43 Å². The number of imide groups is 1. The Balaban J connectivity index is 2.00. The van der Waals surface area contributed by atoms with Crippen LogP contribution < -0.4 is 0 Å². The van der Waals surface area contributed by atoms with Crippen molar-refractivity contribution in [1.82, 2.24) is 4.90 Å². The van der Waals surface area contributed by atoms with E-state index < -0.39 is 44.7 Å². The number of fused-ring (bicyclic) bond motifs is 1. The highest BCUT2D eigenvalue weighted by molar-refractivity contribution is 6.48. The first-order valence-electron chi connectivity index (χ1n) is 10.8. The lowest BCUT2D eigenvalue weighted by Gasteiger charge is -2.54. The van der Waals surface area contributed by atoms with E-state index in [0.717, 1.165) is 10.5 Å². The minimum Gasteiger partial charge on any atom is -0.474 e. The average Bonchev–Trinajstić information content (AvgIpc) is 2.68. The summed E-state index contributed by atoms with van der Waals surface area (Å²) >= 11 is 0. The number of carboxylic acid groups (broad SMARTS) is 1. The first kappa shape index (κ1) is 23.3. The van der Waals surface area contributed by atoms with E-state index in [-0.39, 0.29) is 17.1 Å². The predicted molar refractivity (Wildman–Crippen MR) is 117 cm³/mol. The summed E-state index contributed by atoms with van der Waals surface area (Å²) in [6.07, 6.45) is 1.12. The Hall–Kier alpha value is -2.32. The summed E-state index contributed by atoms with van der Waals surface area (Å²) in [7, 11) is -1.36. The number of aliphatic carboxylic acids is 1. The molecule has 8 heteroatoms. The molecule has 168 valence electrons. The van der Waals surface area contributed by atoms with Crippen LogP contribution in [0, 0.1) is 23.2 Å². The zero-order valence-electron chi connectivity index (χ0n) is 18.8. The van der Waals surface area contributed by atoms with Crippen molar-refractivity contribution in [3.63, 3.8) is 0 Å². The predicted octanol–water partition coefficient (Wildman–Crippen LogP) is 2.53. The van der Waals surface area contributed by atoms with E-state index >= 15 is 0 Å². The van der Waals surface area contributed by atoms with Gasteiger partial charge in [0.15, 0.2) is 14.8 Å². The Labute approximate surface area is 184 Å². The lowest BCUT2D eigenvalue weighted by atomic mass is 9.61. The van der Waals surface area contributed by atoms with Crippen LogP contribution >= 0.6 is 0 Å². The molecule has 1 aromatic carbocycles. The lowest BCUT2D eigenvalue weighted by molar-refractivity contribution is -0.182. The fourth-order valence-corrected chi connectivity index (χ4v) is 5.44. The van der Waals surface area contributed by atoms with Gasteiger partial charge in [0, 0.05) is 18.1 Å². The zero-order valence-corrected chi connectivity index (χ0v) is 19.9. The summed E-state index contributed by atoms with van der Waals surface area (Å²) in [5.41, 5.74) is 1.22. The van der Waals surface area contributed by atoms with Crippen LogP contribution in [-0.4, -0.2) is 55.3 Å². The number of Topliss-reactive ketones (excluding diaryl/α,β-unsaturated/α-hetero) is 1. The highest BCUT2D eigenvalue weighted by atomic mass is 28.3. The van der Waals surface area contributed by atoms with Gasteiger partial charge in [-0.25, -0.2) is 4.79 Å². The van der Waals surface area contributed by atoms with Gasteiger partial charge in [-0.1, -0.05) is 45.0 Å². The number of hydrogen-bond donors (Lipinski definition) is 1. The standard InChI is InChI=1S/C23H31NO6Si/c1-23(2,3)16(12-30-31(4)5)17-18(24(20(17)26)21(27)22(28)29)15-11-10-13-8-6-7-9-14(13)19(15)25/h6-9,15-18,31H,10-12H2,1-5H3,(H,28,29)/t15-,16+,17-,18+/m0/s1. The highest BCUT2D eigenvalue weighted by Gasteiger charge is 2.61. The van der Waals surface area contributed by atoms with Crippen molar-refractivity contribution < 1.29 is 28.7 Å². The van der Waals surface area contributed by atoms with Crippen molar-refractivity contribution in [1.29, 1.82) is 0 Å². The third-order valence-electron chi connectivity index (χ3n) is 6.50. The first-order valence-corrected chi connectivity index (χ1v) is 13.6. The van der Waals surface area contributed by atoms with Crippen LogP contribution in [0.25, 0.3) is 0 Å². The smallest absolute Gasteiger partial charge is 0.395 e. The topological polar surface area (TPSA) is 101 Å². The van der Waals surface area contributed by atoms with Crippen molar-refractivity contribution in [2.45, 2.75) is 52.7 Å². The summed E-state index contributed by atoms with van der Waals surface area (Å²) in [5, 5.41) is 9.29. The maximum atomic E-state index is 13.4. The number of β-lactam (4-membered cyclic amide) rings is 1. The number of rotatable bonds is 5. The van der Waals surface area contributed by atoms with Crippen molar-refractivity contribution in [3.05, 3.63) is 35.4 Å². The number of likely N-dealkylation sites (tertiary alicyclic amines) is 1. The van der Waals surface area contributed by atoms with Crippen LogP contribution in [0.15, 0.2) is 24.3 Å². The third-order valence-corrected chi connectivity index (χ3v) is 7.36. The van der Waals surface area contributed by atoms with Crippen molar-refractivity contribution in [3.8, 4) is 0 Å². The summed E-state index contributed by atoms with van der Waals surface area (Å²) in [6, 6.07) is 6.58. The van der Waals surface area contributed by atoms with Crippen LogP contribution in [0.3, 0.4) is 0 Å². The summed E-state index contributed by atoms with van der Waals surface area (Å²) in [6.45, 7) is 10.5. The van der Waals surface area contributed by atoms with E-state index in [0.29, 0.717) is 25.0 Å². The fraction of sp³-hybridized carbons (Fsp3) is 0.565. The van der Waals surface area contributed by atoms with Gasteiger partial charge < -0.3 is 9.53 Å². The van der Waals surface area contributed by atoms with Gasteiger partial charge in [0.05, 0.1) is 12.0 Å². The Morgan fingerprint density at radius 1 is 1.23 bits per heavy atom. The first-order chi connectivity index (χ1) is 14.4. The number of amides is 2. The minimum atomic E-state index is -1.68. The van der Waals surface area contributed by atoms with Gasteiger partial charge >= 0.3 is 11.9 Å². The van der Waals surface area contributed by atoms with E-state index in [1.54, 1.807) is 12.1 Å². The molecule has 1 heterocycles. The molecule has 0 aromatic heterocycles. The normalized spacial score (nSPS) is 24.6. The number of hydrogen-bond acceptors (Lipinski definition) is 5. The molecular formula is C23H31NO6Si. The summed E-state index contributed by atoms with van der Waals surface area (Å²) in [4.78, 5) is 51.1. The minimum absolute atomic E-state index is 0.126. The Kier molecular flexibility index (Phi) is 6.52. The van der Waals surface area contributed by atoms with Gasteiger partial charge in [-0.3, -0.25) is 19.3 Å². The molecule has 0 spiro atoms. The molecule has 1 N–H and O–H groups in total. The molecule has 0 radical (unpaired) electrons. The molecule has 1 saturated heterocycles. The summed E-state index contributed by atoms with van der Waals surface area (Å²) < 4.78 is 5.98. The third kappa shape index (κ3) is 4.36. The van der Waals surface area contributed by atoms with E-state index in [1.165, 1.54) is 0 Å². The number of carbonyl (C=O) groups excluding carboxylic acids is 3. The Morgan fingerprint density at radius 3 is 2.45 bits per heavy atom. The molecule has 0 unspecified atom stereocenters. The molecule has 1 aliphatic carbocycles. The molecule has 1 aromatic rings.